The fraction of sp³-hybridized carbons (Fsp3) is 0.800. The molecule has 3 aliphatic rings. The third kappa shape index (κ3) is 4.70. The van der Waals surface area contributed by atoms with Gasteiger partial charge in [0.25, 0.3) is 0 Å². The molecule has 0 radical (unpaired) electrons. The first kappa shape index (κ1) is 17.2. The highest BCUT2D eigenvalue weighted by Crippen LogP contribution is 2.21. The predicted octanol–water partition coefficient (Wildman–Crippen LogP) is 2.77. The maximum atomic E-state index is 4.62. The van der Waals surface area contributed by atoms with Crippen molar-refractivity contribution in [3.63, 3.8) is 0 Å². The van der Waals surface area contributed by atoms with Gasteiger partial charge in [0.15, 0.2) is 0 Å². The van der Waals surface area contributed by atoms with Crippen LogP contribution >= 0.6 is 0 Å². The molecule has 1 atom stereocenters. The molecule has 1 aromatic heterocycles. The van der Waals surface area contributed by atoms with Crippen LogP contribution in [0.2, 0.25) is 0 Å². The van der Waals surface area contributed by atoms with Crippen molar-refractivity contribution >= 4 is 5.95 Å². The van der Waals surface area contributed by atoms with E-state index in [2.05, 4.69) is 37.1 Å². The van der Waals surface area contributed by atoms with E-state index in [4.69, 9.17) is 0 Å². The molecule has 5 heteroatoms. The fourth-order valence-electron chi connectivity index (χ4n) is 4.72. The van der Waals surface area contributed by atoms with Gasteiger partial charge in [-0.3, -0.25) is 4.90 Å². The minimum atomic E-state index is 0.844. The Balaban J connectivity index is 1.28. The zero-order valence-corrected chi connectivity index (χ0v) is 15.6. The lowest BCUT2D eigenvalue weighted by atomic mass is 9.96. The third-order valence-corrected chi connectivity index (χ3v) is 6.05. The summed E-state index contributed by atoms with van der Waals surface area (Å²) in [5.74, 6) is 1.76. The molecular formula is C20H33N5. The lowest BCUT2D eigenvalue weighted by Crippen LogP contribution is -2.42. The van der Waals surface area contributed by atoms with Gasteiger partial charge in [0.05, 0.1) is 0 Å². The van der Waals surface area contributed by atoms with Crippen molar-refractivity contribution in [1.29, 1.82) is 0 Å². The van der Waals surface area contributed by atoms with Gasteiger partial charge in [-0.05, 0) is 64.1 Å². The van der Waals surface area contributed by atoms with E-state index >= 15 is 0 Å². The molecule has 25 heavy (non-hydrogen) atoms. The summed E-state index contributed by atoms with van der Waals surface area (Å²) in [4.78, 5) is 16.9. The standard InChI is InChI=1S/C20H33N5/c1-2-8-23(9-3-1)15-18-7-6-10-24(16-18)17-19-13-21-20(22-14-19)25-11-4-5-12-25/h13-14,18H,1-12,15-17H2. The van der Waals surface area contributed by atoms with Gasteiger partial charge >= 0.3 is 0 Å². The Morgan fingerprint density at radius 1 is 0.800 bits per heavy atom. The quantitative estimate of drug-likeness (QED) is 0.821. The van der Waals surface area contributed by atoms with Crippen LogP contribution in [0, 0.1) is 5.92 Å². The Kier molecular flexibility index (Phi) is 5.83. The Hall–Kier alpha value is -1.20. The van der Waals surface area contributed by atoms with Gasteiger partial charge < -0.3 is 9.80 Å². The molecule has 3 fully saturated rings. The zero-order chi connectivity index (χ0) is 16.9. The predicted molar refractivity (Wildman–Crippen MR) is 102 cm³/mol. The molecular weight excluding hydrogens is 310 g/mol. The van der Waals surface area contributed by atoms with Gasteiger partial charge in [0.2, 0.25) is 5.95 Å². The van der Waals surface area contributed by atoms with Gasteiger partial charge in [-0.1, -0.05) is 6.42 Å². The fourth-order valence-corrected chi connectivity index (χ4v) is 4.72. The first-order valence-electron chi connectivity index (χ1n) is 10.4. The second-order valence-corrected chi connectivity index (χ2v) is 8.19. The first-order valence-corrected chi connectivity index (χ1v) is 10.4. The summed E-state index contributed by atoms with van der Waals surface area (Å²) in [6.45, 7) is 9.66. The van der Waals surface area contributed by atoms with Crippen LogP contribution in [0.3, 0.4) is 0 Å². The number of nitrogens with zero attached hydrogens (tertiary/aromatic N) is 5. The van der Waals surface area contributed by atoms with Crippen LogP contribution in [0.15, 0.2) is 12.4 Å². The normalized spacial score (nSPS) is 26.2. The van der Waals surface area contributed by atoms with Crippen molar-refractivity contribution in [2.75, 3.05) is 50.7 Å². The highest BCUT2D eigenvalue weighted by Gasteiger charge is 2.23. The van der Waals surface area contributed by atoms with Gasteiger partial charge in [-0.25, -0.2) is 9.97 Å². The molecule has 4 rings (SSSR count). The molecule has 1 unspecified atom stereocenters. The number of likely N-dealkylation sites (tertiary alicyclic amines) is 2. The molecule has 4 heterocycles. The maximum absolute atomic E-state index is 4.62. The van der Waals surface area contributed by atoms with Crippen LogP contribution in [0.1, 0.15) is 50.5 Å². The van der Waals surface area contributed by atoms with Crippen LogP contribution in [0.5, 0.6) is 0 Å². The number of piperidine rings is 2. The second kappa shape index (κ2) is 8.45. The van der Waals surface area contributed by atoms with Crippen LogP contribution in [-0.4, -0.2) is 65.6 Å². The average Bonchev–Trinajstić information content (AvgIpc) is 3.18. The smallest absolute Gasteiger partial charge is 0.225 e. The van der Waals surface area contributed by atoms with Crippen molar-refractivity contribution in [3.05, 3.63) is 18.0 Å². The van der Waals surface area contributed by atoms with Crippen LogP contribution < -0.4 is 4.90 Å². The summed E-state index contributed by atoms with van der Waals surface area (Å²) in [6.07, 6.45) is 13.6. The SMILES string of the molecule is c1nc(N2CCCC2)ncc1CN1CCCC(CN2CCCCC2)C1. The summed E-state index contributed by atoms with van der Waals surface area (Å²) in [5.41, 5.74) is 1.27. The van der Waals surface area contributed by atoms with Crippen molar-refractivity contribution in [2.45, 2.75) is 51.5 Å². The highest BCUT2D eigenvalue weighted by atomic mass is 15.3. The number of aromatic nitrogens is 2. The summed E-state index contributed by atoms with van der Waals surface area (Å²) >= 11 is 0. The molecule has 1 aromatic rings. The molecule has 0 N–H and O–H groups in total. The lowest BCUT2D eigenvalue weighted by Gasteiger charge is -2.36. The van der Waals surface area contributed by atoms with Gasteiger partial charge in [0.1, 0.15) is 0 Å². The average molecular weight is 344 g/mol. The van der Waals surface area contributed by atoms with Crippen LogP contribution in [0.25, 0.3) is 0 Å². The molecule has 0 aromatic carbocycles. The van der Waals surface area contributed by atoms with Crippen molar-refractivity contribution in [3.8, 4) is 0 Å². The third-order valence-electron chi connectivity index (χ3n) is 6.05. The maximum Gasteiger partial charge on any atom is 0.225 e. The van der Waals surface area contributed by atoms with E-state index in [1.807, 2.05) is 0 Å². The first-order chi connectivity index (χ1) is 12.4. The molecule has 0 bridgehead atoms. The Bertz CT molecular complexity index is 519. The largest absolute Gasteiger partial charge is 0.341 e. The minimum absolute atomic E-state index is 0.844. The van der Waals surface area contributed by atoms with E-state index in [9.17, 15) is 0 Å². The van der Waals surface area contributed by atoms with Crippen molar-refractivity contribution in [2.24, 2.45) is 5.92 Å². The summed E-state index contributed by atoms with van der Waals surface area (Å²) < 4.78 is 0. The van der Waals surface area contributed by atoms with Crippen molar-refractivity contribution < 1.29 is 0 Å². The molecule has 0 saturated carbocycles. The minimum Gasteiger partial charge on any atom is -0.341 e. The zero-order valence-electron chi connectivity index (χ0n) is 15.6. The molecule has 0 spiro atoms. The monoisotopic (exact) mass is 343 g/mol. The topological polar surface area (TPSA) is 35.5 Å². The van der Waals surface area contributed by atoms with Gasteiger partial charge in [-0.15, -0.1) is 0 Å². The van der Waals surface area contributed by atoms with E-state index in [0.29, 0.717) is 0 Å². The van der Waals surface area contributed by atoms with Gasteiger partial charge in [0, 0.05) is 50.7 Å². The Morgan fingerprint density at radius 2 is 1.48 bits per heavy atom. The molecule has 3 saturated heterocycles. The number of rotatable bonds is 5. The van der Waals surface area contributed by atoms with E-state index in [0.717, 1.165) is 31.5 Å². The van der Waals surface area contributed by atoms with Gasteiger partial charge in [-0.2, -0.15) is 0 Å². The number of anilines is 1. The van der Waals surface area contributed by atoms with E-state index in [1.165, 1.54) is 83.2 Å². The van der Waals surface area contributed by atoms with Crippen molar-refractivity contribution in [1.82, 2.24) is 19.8 Å². The van der Waals surface area contributed by atoms with Crippen LogP contribution in [-0.2, 0) is 6.54 Å². The lowest BCUT2D eigenvalue weighted by molar-refractivity contribution is 0.118. The number of hydrogen-bond acceptors (Lipinski definition) is 5. The van der Waals surface area contributed by atoms with E-state index in [-0.39, 0.29) is 0 Å². The molecule has 0 amide bonds. The van der Waals surface area contributed by atoms with E-state index in [1.54, 1.807) is 0 Å². The highest BCUT2D eigenvalue weighted by molar-refractivity contribution is 5.30. The number of hydrogen-bond donors (Lipinski definition) is 0. The molecule has 0 aliphatic carbocycles. The summed E-state index contributed by atoms with van der Waals surface area (Å²) in [7, 11) is 0. The van der Waals surface area contributed by atoms with Crippen LogP contribution in [0.4, 0.5) is 5.95 Å². The van der Waals surface area contributed by atoms with E-state index < -0.39 is 0 Å². The molecule has 5 nitrogen and oxygen atoms in total. The molecule has 3 aliphatic heterocycles. The second-order valence-electron chi connectivity index (χ2n) is 8.19. The summed E-state index contributed by atoms with van der Waals surface area (Å²) in [5, 5.41) is 0. The summed E-state index contributed by atoms with van der Waals surface area (Å²) in [6, 6.07) is 0. The Morgan fingerprint density at radius 3 is 2.24 bits per heavy atom. The Labute approximate surface area is 152 Å². The molecule has 138 valence electrons.